The van der Waals surface area contributed by atoms with Gasteiger partial charge in [-0.05, 0) is 31.4 Å². The van der Waals surface area contributed by atoms with Gasteiger partial charge >= 0.3 is 0 Å². The van der Waals surface area contributed by atoms with Gasteiger partial charge in [-0.2, -0.15) is 0 Å². The summed E-state index contributed by atoms with van der Waals surface area (Å²) in [4.78, 5) is 14.6. The van der Waals surface area contributed by atoms with Crippen LogP contribution in [0.1, 0.15) is 31.7 Å². The number of aliphatic hydroxyl groups excluding tert-OH is 1. The highest BCUT2D eigenvalue weighted by Gasteiger charge is 2.26. The van der Waals surface area contributed by atoms with E-state index in [1.54, 1.807) is 0 Å². The van der Waals surface area contributed by atoms with Crippen LogP contribution in [-0.2, 0) is 11.3 Å². The van der Waals surface area contributed by atoms with Crippen molar-refractivity contribution in [3.63, 3.8) is 0 Å². The second-order valence-electron chi connectivity index (χ2n) is 5.86. The van der Waals surface area contributed by atoms with E-state index >= 15 is 0 Å². The summed E-state index contributed by atoms with van der Waals surface area (Å²) in [6, 6.07) is 10.3. The van der Waals surface area contributed by atoms with Gasteiger partial charge in [0.05, 0.1) is 18.6 Å². The van der Waals surface area contributed by atoms with Gasteiger partial charge in [0.1, 0.15) is 0 Å². The van der Waals surface area contributed by atoms with Crippen molar-refractivity contribution in [2.75, 3.05) is 19.7 Å². The second-order valence-corrected chi connectivity index (χ2v) is 5.86. The van der Waals surface area contributed by atoms with Gasteiger partial charge in [0.25, 0.3) is 0 Å². The maximum atomic E-state index is 12.3. The molecule has 0 aliphatic carbocycles. The third kappa shape index (κ3) is 4.83. The van der Waals surface area contributed by atoms with E-state index in [9.17, 15) is 9.90 Å². The lowest BCUT2D eigenvalue weighted by Gasteiger charge is -2.32. The zero-order valence-corrected chi connectivity index (χ0v) is 12.8. The summed E-state index contributed by atoms with van der Waals surface area (Å²) in [5.41, 5.74) is 1.29. The molecule has 4 heteroatoms. The molecule has 1 aliphatic rings. The number of hydrogen-bond acceptors (Lipinski definition) is 3. The molecule has 21 heavy (non-hydrogen) atoms. The minimum atomic E-state index is -0.109. The molecule has 0 spiro atoms. The summed E-state index contributed by atoms with van der Waals surface area (Å²) in [5.74, 6) is 0.136. The summed E-state index contributed by atoms with van der Waals surface area (Å²) in [6.45, 7) is 4.76. The first-order valence-corrected chi connectivity index (χ1v) is 7.90. The molecule has 1 aliphatic heterocycles. The molecule has 2 atom stereocenters. The monoisotopic (exact) mass is 290 g/mol. The Morgan fingerprint density at radius 1 is 1.43 bits per heavy atom. The Morgan fingerprint density at radius 2 is 2.19 bits per heavy atom. The Labute approximate surface area is 127 Å². The molecular formula is C17H26N2O2. The number of amides is 1. The third-order valence-electron chi connectivity index (χ3n) is 4.18. The highest BCUT2D eigenvalue weighted by Crippen LogP contribution is 2.19. The van der Waals surface area contributed by atoms with Gasteiger partial charge in [-0.25, -0.2) is 0 Å². The van der Waals surface area contributed by atoms with Crippen LogP contribution in [0.2, 0.25) is 0 Å². The van der Waals surface area contributed by atoms with E-state index in [4.69, 9.17) is 0 Å². The number of carbonyl (C=O) groups is 1. The SMILES string of the molecule is CCC(CO)NC(=O)C1CCCN(Cc2ccccc2)C1. The van der Waals surface area contributed by atoms with Crippen LogP contribution < -0.4 is 5.32 Å². The zero-order chi connectivity index (χ0) is 15.1. The summed E-state index contributed by atoms with van der Waals surface area (Å²) in [6.07, 6.45) is 2.77. The third-order valence-corrected chi connectivity index (χ3v) is 4.18. The predicted molar refractivity (Wildman–Crippen MR) is 83.8 cm³/mol. The van der Waals surface area contributed by atoms with Crippen molar-refractivity contribution < 1.29 is 9.90 Å². The van der Waals surface area contributed by atoms with Crippen LogP contribution in [0.4, 0.5) is 0 Å². The molecule has 0 bridgehead atoms. The molecule has 0 radical (unpaired) electrons. The lowest BCUT2D eigenvalue weighted by Crippen LogP contribution is -2.46. The summed E-state index contributed by atoms with van der Waals surface area (Å²) in [5, 5.41) is 12.1. The molecule has 2 N–H and O–H groups in total. The number of hydrogen-bond donors (Lipinski definition) is 2. The Hall–Kier alpha value is -1.39. The van der Waals surface area contributed by atoms with E-state index < -0.39 is 0 Å². The molecular weight excluding hydrogens is 264 g/mol. The Morgan fingerprint density at radius 3 is 2.86 bits per heavy atom. The van der Waals surface area contributed by atoms with Crippen molar-refractivity contribution in [1.82, 2.24) is 10.2 Å². The Bertz CT molecular complexity index is 432. The molecule has 1 saturated heterocycles. The fraction of sp³-hybridized carbons (Fsp3) is 0.588. The van der Waals surface area contributed by atoms with E-state index in [-0.39, 0.29) is 24.5 Å². The summed E-state index contributed by atoms with van der Waals surface area (Å²) >= 11 is 0. The van der Waals surface area contributed by atoms with Crippen molar-refractivity contribution in [3.8, 4) is 0 Å². The van der Waals surface area contributed by atoms with E-state index in [1.165, 1.54) is 5.56 Å². The first-order chi connectivity index (χ1) is 10.2. The molecule has 1 aromatic rings. The average Bonchev–Trinajstić information content (AvgIpc) is 2.53. The number of piperidine rings is 1. The van der Waals surface area contributed by atoms with Gasteiger partial charge in [-0.1, -0.05) is 37.3 Å². The lowest BCUT2D eigenvalue weighted by molar-refractivity contribution is -0.127. The van der Waals surface area contributed by atoms with Gasteiger partial charge in [-0.3, -0.25) is 9.69 Å². The molecule has 1 amide bonds. The fourth-order valence-electron chi connectivity index (χ4n) is 2.85. The van der Waals surface area contributed by atoms with E-state index in [2.05, 4.69) is 34.5 Å². The molecule has 4 nitrogen and oxygen atoms in total. The molecule has 1 heterocycles. The van der Waals surface area contributed by atoms with E-state index in [0.29, 0.717) is 0 Å². The van der Waals surface area contributed by atoms with E-state index in [1.807, 2.05) is 13.0 Å². The molecule has 1 fully saturated rings. The minimum absolute atomic E-state index is 0.0166. The topological polar surface area (TPSA) is 52.6 Å². The second kappa shape index (κ2) is 8.15. The van der Waals surface area contributed by atoms with Crippen LogP contribution in [0.5, 0.6) is 0 Å². The lowest BCUT2D eigenvalue weighted by atomic mass is 9.96. The normalized spacial score (nSPS) is 21.0. The highest BCUT2D eigenvalue weighted by molar-refractivity contribution is 5.79. The molecule has 2 rings (SSSR count). The number of rotatable bonds is 6. The number of likely N-dealkylation sites (tertiary alicyclic amines) is 1. The molecule has 116 valence electrons. The van der Waals surface area contributed by atoms with Crippen LogP contribution in [0.3, 0.4) is 0 Å². The van der Waals surface area contributed by atoms with Crippen LogP contribution in [-0.4, -0.2) is 41.7 Å². The number of benzene rings is 1. The van der Waals surface area contributed by atoms with Gasteiger partial charge in [0.2, 0.25) is 5.91 Å². The van der Waals surface area contributed by atoms with Crippen LogP contribution >= 0.6 is 0 Å². The summed E-state index contributed by atoms with van der Waals surface area (Å²) in [7, 11) is 0. The van der Waals surface area contributed by atoms with Crippen LogP contribution in [0, 0.1) is 5.92 Å². The van der Waals surface area contributed by atoms with Crippen molar-refractivity contribution in [3.05, 3.63) is 35.9 Å². The van der Waals surface area contributed by atoms with Crippen molar-refractivity contribution in [2.24, 2.45) is 5.92 Å². The maximum Gasteiger partial charge on any atom is 0.224 e. The highest BCUT2D eigenvalue weighted by atomic mass is 16.3. The predicted octanol–water partition coefficient (Wildman–Crippen LogP) is 1.79. The number of nitrogens with zero attached hydrogens (tertiary/aromatic N) is 1. The minimum Gasteiger partial charge on any atom is -0.394 e. The first kappa shape index (κ1) is 16.0. The fourth-order valence-corrected chi connectivity index (χ4v) is 2.85. The van der Waals surface area contributed by atoms with Gasteiger partial charge in [0.15, 0.2) is 0 Å². The standard InChI is InChI=1S/C17H26N2O2/c1-2-16(13-20)18-17(21)15-9-6-10-19(12-15)11-14-7-4-3-5-8-14/h3-5,7-8,15-16,20H,2,6,9-13H2,1H3,(H,18,21). The quantitative estimate of drug-likeness (QED) is 0.840. The Kier molecular flexibility index (Phi) is 6.21. The van der Waals surface area contributed by atoms with Crippen molar-refractivity contribution >= 4 is 5.91 Å². The van der Waals surface area contributed by atoms with Crippen molar-refractivity contribution in [1.29, 1.82) is 0 Å². The van der Waals surface area contributed by atoms with Crippen LogP contribution in [0.15, 0.2) is 30.3 Å². The smallest absolute Gasteiger partial charge is 0.224 e. The Balaban J connectivity index is 1.87. The molecule has 2 unspecified atom stereocenters. The molecule has 0 aromatic heterocycles. The molecule has 0 saturated carbocycles. The van der Waals surface area contributed by atoms with Crippen molar-refractivity contribution in [2.45, 2.75) is 38.8 Å². The first-order valence-electron chi connectivity index (χ1n) is 7.90. The average molecular weight is 290 g/mol. The van der Waals surface area contributed by atoms with Gasteiger partial charge < -0.3 is 10.4 Å². The number of aliphatic hydroxyl groups is 1. The summed E-state index contributed by atoms with van der Waals surface area (Å²) < 4.78 is 0. The largest absolute Gasteiger partial charge is 0.394 e. The van der Waals surface area contributed by atoms with Crippen LogP contribution in [0.25, 0.3) is 0 Å². The number of carbonyl (C=O) groups excluding carboxylic acids is 1. The zero-order valence-electron chi connectivity index (χ0n) is 12.8. The van der Waals surface area contributed by atoms with E-state index in [0.717, 1.165) is 38.9 Å². The van der Waals surface area contributed by atoms with Gasteiger partial charge in [0, 0.05) is 13.1 Å². The van der Waals surface area contributed by atoms with Gasteiger partial charge in [-0.15, -0.1) is 0 Å². The number of nitrogens with one attached hydrogen (secondary N) is 1. The maximum absolute atomic E-state index is 12.3. The molecule has 1 aromatic carbocycles.